The summed E-state index contributed by atoms with van der Waals surface area (Å²) in [4.78, 5) is 40.8. The highest BCUT2D eigenvalue weighted by Crippen LogP contribution is 2.20. The molecule has 0 aliphatic carbocycles. The first-order valence-corrected chi connectivity index (χ1v) is 8.33. The number of aromatic nitrogens is 2. The molecule has 9 heteroatoms. The molecule has 2 aromatic rings. The van der Waals surface area contributed by atoms with Crippen molar-refractivity contribution in [2.75, 3.05) is 30.9 Å². The Morgan fingerprint density at radius 1 is 1.42 bits per heavy atom. The van der Waals surface area contributed by atoms with Gasteiger partial charge in [0.25, 0.3) is 11.5 Å². The summed E-state index contributed by atoms with van der Waals surface area (Å²) < 4.78 is 11.4. The number of carbonyl (C=O) groups is 1. The Hall–Kier alpha value is -2.81. The zero-order valence-electron chi connectivity index (χ0n) is 15.2. The van der Waals surface area contributed by atoms with Crippen molar-refractivity contribution in [3.05, 3.63) is 45.0 Å². The molecule has 2 heterocycles. The number of hydrogen-bond donors (Lipinski definition) is 2. The van der Waals surface area contributed by atoms with E-state index in [1.807, 2.05) is 13.8 Å². The Bertz CT molecular complexity index is 851. The number of H-pyrrole nitrogens is 1. The van der Waals surface area contributed by atoms with Crippen LogP contribution in [-0.2, 0) is 11.3 Å². The van der Waals surface area contributed by atoms with Crippen molar-refractivity contribution < 1.29 is 13.9 Å². The summed E-state index contributed by atoms with van der Waals surface area (Å²) in [7, 11) is 1.54. The first-order valence-electron chi connectivity index (χ1n) is 8.33. The van der Waals surface area contributed by atoms with E-state index in [2.05, 4.69) is 4.98 Å². The third-order valence-corrected chi connectivity index (χ3v) is 3.74. The first-order chi connectivity index (χ1) is 12.4. The van der Waals surface area contributed by atoms with E-state index in [4.69, 9.17) is 14.9 Å². The van der Waals surface area contributed by atoms with Crippen LogP contribution in [0.25, 0.3) is 0 Å². The van der Waals surface area contributed by atoms with Crippen molar-refractivity contribution in [2.45, 2.75) is 26.8 Å². The Kier molecular flexibility index (Phi) is 6.40. The predicted molar refractivity (Wildman–Crippen MR) is 97.5 cm³/mol. The van der Waals surface area contributed by atoms with Crippen LogP contribution in [0.5, 0.6) is 0 Å². The fourth-order valence-corrected chi connectivity index (χ4v) is 2.60. The van der Waals surface area contributed by atoms with Gasteiger partial charge < -0.3 is 14.9 Å². The van der Waals surface area contributed by atoms with Crippen molar-refractivity contribution in [3.8, 4) is 0 Å². The minimum Gasteiger partial charge on any atom is -0.459 e. The molecule has 0 bridgehead atoms. The normalized spacial score (nSPS) is 11.1. The summed E-state index contributed by atoms with van der Waals surface area (Å²) in [5.74, 6) is -0.373. The van der Waals surface area contributed by atoms with Crippen LogP contribution in [-0.4, -0.2) is 35.7 Å². The van der Waals surface area contributed by atoms with Gasteiger partial charge in [-0.2, -0.15) is 0 Å². The number of ether oxygens (including phenoxy) is 1. The Labute approximate surface area is 150 Å². The molecule has 0 aromatic carbocycles. The number of amides is 1. The van der Waals surface area contributed by atoms with E-state index in [9.17, 15) is 14.4 Å². The van der Waals surface area contributed by atoms with E-state index in [1.165, 1.54) is 21.8 Å². The van der Waals surface area contributed by atoms with Gasteiger partial charge in [-0.25, -0.2) is 4.79 Å². The van der Waals surface area contributed by atoms with Gasteiger partial charge >= 0.3 is 5.69 Å². The molecule has 26 heavy (non-hydrogen) atoms. The minimum atomic E-state index is -0.718. The molecule has 2 rings (SSSR count). The lowest BCUT2D eigenvalue weighted by atomic mass is 10.2. The summed E-state index contributed by atoms with van der Waals surface area (Å²) in [6, 6.07) is 3.08. The summed E-state index contributed by atoms with van der Waals surface area (Å²) in [5, 5.41) is 0. The van der Waals surface area contributed by atoms with Gasteiger partial charge in [0, 0.05) is 26.8 Å². The van der Waals surface area contributed by atoms with Gasteiger partial charge in [-0.1, -0.05) is 13.8 Å². The average Bonchev–Trinajstić information content (AvgIpc) is 3.11. The number of methoxy groups -OCH3 is 1. The molecule has 0 aliphatic rings. The van der Waals surface area contributed by atoms with Gasteiger partial charge in [-0.3, -0.25) is 24.0 Å². The number of aromatic amines is 1. The second-order valence-electron chi connectivity index (χ2n) is 6.28. The van der Waals surface area contributed by atoms with Crippen LogP contribution in [0.4, 0.5) is 11.5 Å². The summed E-state index contributed by atoms with van der Waals surface area (Å²) in [6.45, 7) is 4.73. The lowest BCUT2D eigenvalue weighted by molar-refractivity contribution is 0.0956. The summed E-state index contributed by atoms with van der Waals surface area (Å²) >= 11 is 0. The average molecular weight is 364 g/mol. The monoisotopic (exact) mass is 364 g/mol. The third-order valence-electron chi connectivity index (χ3n) is 3.74. The van der Waals surface area contributed by atoms with Crippen molar-refractivity contribution in [1.29, 1.82) is 0 Å². The van der Waals surface area contributed by atoms with Gasteiger partial charge in [0.15, 0.2) is 11.4 Å². The maximum absolute atomic E-state index is 12.8. The van der Waals surface area contributed by atoms with E-state index >= 15 is 0 Å². The van der Waals surface area contributed by atoms with E-state index in [0.717, 1.165) is 0 Å². The van der Waals surface area contributed by atoms with Gasteiger partial charge in [-0.15, -0.1) is 0 Å². The molecule has 0 aliphatic heterocycles. The van der Waals surface area contributed by atoms with Crippen LogP contribution in [0.3, 0.4) is 0 Å². The molecule has 0 fully saturated rings. The van der Waals surface area contributed by atoms with Crippen molar-refractivity contribution >= 4 is 17.4 Å². The van der Waals surface area contributed by atoms with E-state index < -0.39 is 17.2 Å². The molecule has 2 aromatic heterocycles. The molecule has 0 unspecified atom stereocenters. The fraction of sp³-hybridized carbons (Fsp3) is 0.471. The number of hydrogen-bond acceptors (Lipinski definition) is 6. The zero-order chi connectivity index (χ0) is 19.3. The smallest absolute Gasteiger partial charge is 0.330 e. The number of nitrogens with two attached hydrogens (primary N) is 1. The van der Waals surface area contributed by atoms with Crippen molar-refractivity contribution in [3.63, 3.8) is 0 Å². The second-order valence-corrected chi connectivity index (χ2v) is 6.28. The van der Waals surface area contributed by atoms with E-state index in [-0.39, 0.29) is 29.7 Å². The Balaban J connectivity index is 2.54. The van der Waals surface area contributed by atoms with Gasteiger partial charge in [0.1, 0.15) is 5.82 Å². The molecule has 0 saturated carbocycles. The molecule has 3 N–H and O–H groups in total. The molecule has 0 radical (unpaired) electrons. The van der Waals surface area contributed by atoms with Crippen LogP contribution in [0.15, 0.2) is 32.4 Å². The van der Waals surface area contributed by atoms with Crippen LogP contribution < -0.4 is 21.9 Å². The SMILES string of the molecule is COCCCN(C(=O)c1ccco1)c1c(N)n(CC(C)C)c(=O)[nH]c1=O. The summed E-state index contributed by atoms with van der Waals surface area (Å²) in [5.41, 5.74) is 4.73. The number of nitrogens with zero attached hydrogens (tertiary/aromatic N) is 2. The largest absolute Gasteiger partial charge is 0.459 e. The van der Waals surface area contributed by atoms with E-state index in [0.29, 0.717) is 19.6 Å². The topological polar surface area (TPSA) is 124 Å². The number of anilines is 2. The lowest BCUT2D eigenvalue weighted by Gasteiger charge is -2.24. The van der Waals surface area contributed by atoms with Gasteiger partial charge in [0.2, 0.25) is 0 Å². The quantitative estimate of drug-likeness (QED) is 0.675. The summed E-state index contributed by atoms with van der Waals surface area (Å²) in [6.07, 6.45) is 1.85. The highest BCUT2D eigenvalue weighted by atomic mass is 16.5. The molecule has 0 saturated heterocycles. The maximum Gasteiger partial charge on any atom is 0.330 e. The molecule has 9 nitrogen and oxygen atoms in total. The molecule has 142 valence electrons. The number of rotatable bonds is 8. The molecule has 1 amide bonds. The number of nitrogens with one attached hydrogen (secondary N) is 1. The van der Waals surface area contributed by atoms with Crippen LogP contribution in [0, 0.1) is 5.92 Å². The third kappa shape index (κ3) is 4.23. The maximum atomic E-state index is 12.8. The second kappa shape index (κ2) is 8.52. The van der Waals surface area contributed by atoms with Crippen molar-refractivity contribution in [2.24, 2.45) is 5.92 Å². The van der Waals surface area contributed by atoms with Crippen LogP contribution in [0.1, 0.15) is 30.8 Å². The Morgan fingerprint density at radius 2 is 2.15 bits per heavy atom. The highest BCUT2D eigenvalue weighted by Gasteiger charge is 2.26. The van der Waals surface area contributed by atoms with Gasteiger partial charge in [0.05, 0.1) is 6.26 Å². The van der Waals surface area contributed by atoms with Crippen LogP contribution >= 0.6 is 0 Å². The fourth-order valence-electron chi connectivity index (χ4n) is 2.60. The number of furan rings is 1. The van der Waals surface area contributed by atoms with E-state index in [1.54, 1.807) is 13.2 Å². The minimum absolute atomic E-state index is 0.0511. The molecular formula is C17H24N4O5. The first kappa shape index (κ1) is 19.5. The van der Waals surface area contributed by atoms with Gasteiger partial charge in [-0.05, 0) is 24.5 Å². The standard InChI is InChI=1S/C17H24N4O5/c1-11(2)10-21-14(18)13(15(22)19-17(21)24)20(7-5-8-25-3)16(23)12-6-4-9-26-12/h4,6,9,11H,5,7-8,10,18H2,1-3H3,(H,19,22,24). The Morgan fingerprint density at radius 3 is 2.73 bits per heavy atom. The van der Waals surface area contributed by atoms with Crippen LogP contribution in [0.2, 0.25) is 0 Å². The molecule has 0 spiro atoms. The predicted octanol–water partition coefficient (Wildman–Crippen LogP) is 1.05. The van der Waals surface area contributed by atoms with Crippen molar-refractivity contribution in [1.82, 2.24) is 9.55 Å². The highest BCUT2D eigenvalue weighted by molar-refractivity contribution is 6.05. The lowest BCUT2D eigenvalue weighted by Crippen LogP contribution is -2.42. The number of nitrogen functional groups attached to an aromatic ring is 1. The number of carbonyl (C=O) groups excluding carboxylic acids is 1. The zero-order valence-corrected chi connectivity index (χ0v) is 15.2. The molecule has 0 atom stereocenters. The molecular weight excluding hydrogens is 340 g/mol.